The highest BCUT2D eigenvalue weighted by Gasteiger charge is 2.42. The Balaban J connectivity index is 1.08. The summed E-state index contributed by atoms with van der Waals surface area (Å²) in [4.78, 5) is 23.5. The van der Waals surface area contributed by atoms with Gasteiger partial charge in [0, 0.05) is 39.9 Å². The lowest BCUT2D eigenvalue weighted by atomic mass is 9.79. The summed E-state index contributed by atoms with van der Waals surface area (Å²) in [7, 11) is 1.63. The minimum atomic E-state index is -1.09. The number of hydrogen-bond donors (Lipinski definition) is 1. The van der Waals surface area contributed by atoms with Gasteiger partial charge in [-0.15, -0.1) is 11.3 Å². The summed E-state index contributed by atoms with van der Waals surface area (Å²) in [6.45, 7) is 0.0821. The Morgan fingerprint density at radius 3 is 2.27 bits per heavy atom. The zero-order valence-corrected chi connectivity index (χ0v) is 29.4. The first-order valence-corrected chi connectivity index (χ1v) is 18.0. The third-order valence-corrected chi connectivity index (χ3v) is 10.8. The van der Waals surface area contributed by atoms with Gasteiger partial charge in [-0.3, -0.25) is 9.36 Å². The lowest BCUT2D eigenvalue weighted by Crippen LogP contribution is -2.38. The smallest absolute Gasteiger partial charge is 0.162 e. The molecule has 1 aliphatic heterocycles. The number of ether oxygens (including phenoxy) is 3. The van der Waals surface area contributed by atoms with Crippen molar-refractivity contribution in [3.05, 3.63) is 173 Å². The predicted octanol–water partition coefficient (Wildman–Crippen LogP) is 8.23. The molecule has 3 aromatic heterocycles. The van der Waals surface area contributed by atoms with Crippen LogP contribution in [-0.4, -0.2) is 51.9 Å². The van der Waals surface area contributed by atoms with E-state index in [1.165, 1.54) is 10.4 Å². The quantitative estimate of drug-likeness (QED) is 0.101. The average molecular weight is 708 g/mol. The molecule has 260 valence electrons. The number of aromatic nitrogens is 3. The van der Waals surface area contributed by atoms with Crippen LogP contribution in [0.3, 0.4) is 0 Å². The van der Waals surface area contributed by atoms with Gasteiger partial charge in [0.05, 0.1) is 26.1 Å². The summed E-state index contributed by atoms with van der Waals surface area (Å²) < 4.78 is 21.0. The van der Waals surface area contributed by atoms with Crippen LogP contribution in [0.2, 0.25) is 0 Å². The molecule has 52 heavy (non-hydrogen) atoms. The average Bonchev–Trinajstić information content (AvgIpc) is 3.95. The number of rotatable bonds is 12. The van der Waals surface area contributed by atoms with Crippen LogP contribution in [0, 0.1) is 0 Å². The third kappa shape index (κ3) is 6.44. The lowest BCUT2D eigenvalue weighted by Gasteiger charge is -2.37. The molecule has 8 nitrogen and oxygen atoms in total. The fourth-order valence-corrected chi connectivity index (χ4v) is 8.11. The zero-order chi connectivity index (χ0) is 35.5. The van der Waals surface area contributed by atoms with Crippen LogP contribution < -0.4 is 4.74 Å². The van der Waals surface area contributed by atoms with Gasteiger partial charge in [0.15, 0.2) is 5.65 Å². The summed E-state index contributed by atoms with van der Waals surface area (Å²) in [5.74, 6) is 0.718. The molecule has 0 saturated carbocycles. The number of aldehydes is 1. The molecule has 0 amide bonds. The number of imidazole rings is 1. The maximum absolute atomic E-state index is 11.6. The van der Waals surface area contributed by atoms with E-state index in [-0.39, 0.29) is 6.61 Å². The van der Waals surface area contributed by atoms with Crippen molar-refractivity contribution < 1.29 is 24.1 Å². The summed E-state index contributed by atoms with van der Waals surface area (Å²) in [5.41, 5.74) is 5.83. The lowest BCUT2D eigenvalue weighted by molar-refractivity contribution is -0.0930. The first kappa shape index (κ1) is 33.7. The number of pyridine rings is 1. The van der Waals surface area contributed by atoms with Crippen molar-refractivity contribution in [3.63, 3.8) is 0 Å². The van der Waals surface area contributed by atoms with Crippen LogP contribution in [0.1, 0.15) is 50.1 Å². The van der Waals surface area contributed by atoms with Gasteiger partial charge in [0.2, 0.25) is 0 Å². The van der Waals surface area contributed by atoms with E-state index in [0.717, 1.165) is 51.1 Å². The normalized spacial score (nSPS) is 18.3. The van der Waals surface area contributed by atoms with Crippen LogP contribution in [0.25, 0.3) is 21.6 Å². The molecule has 8 rings (SSSR count). The summed E-state index contributed by atoms with van der Waals surface area (Å²) in [6.07, 6.45) is 3.67. The Morgan fingerprint density at radius 2 is 1.56 bits per heavy atom. The second-order valence-corrected chi connectivity index (χ2v) is 14.0. The molecule has 1 N–H and O–H groups in total. The molecule has 4 aromatic carbocycles. The van der Waals surface area contributed by atoms with Gasteiger partial charge in [-0.25, -0.2) is 9.97 Å². The van der Waals surface area contributed by atoms with E-state index in [2.05, 4.69) is 36.4 Å². The van der Waals surface area contributed by atoms with E-state index in [1.807, 2.05) is 83.4 Å². The Hall–Kier alpha value is -5.45. The monoisotopic (exact) mass is 707 g/mol. The first-order chi connectivity index (χ1) is 25.6. The minimum absolute atomic E-state index is 0.0821. The third-order valence-electron chi connectivity index (χ3n) is 9.72. The van der Waals surface area contributed by atoms with E-state index in [1.54, 1.807) is 43.1 Å². The molecule has 9 heteroatoms. The van der Waals surface area contributed by atoms with Gasteiger partial charge >= 0.3 is 0 Å². The van der Waals surface area contributed by atoms with Crippen LogP contribution in [-0.2, 0) is 21.5 Å². The van der Waals surface area contributed by atoms with E-state index >= 15 is 0 Å². The second-order valence-electron chi connectivity index (χ2n) is 12.9. The number of hydrogen-bond acceptors (Lipinski definition) is 8. The molecule has 1 unspecified atom stereocenters. The molecule has 1 saturated heterocycles. The molecule has 0 radical (unpaired) electrons. The van der Waals surface area contributed by atoms with Crippen molar-refractivity contribution in [3.8, 4) is 16.2 Å². The number of carbonyl (C=O) groups is 1. The van der Waals surface area contributed by atoms with Crippen molar-refractivity contribution in [2.24, 2.45) is 0 Å². The SMILES string of the molecule is COc1ccc(C(OC[C@H]2O[C@@H](n3cnc4c(-c5ccc(Cc6ccccc6)s5)ccnc43)C[C@H]2O)(c2ccccc2)c2ccc(C=O)cc2)cc1. The molecule has 7 aromatic rings. The molecular formula is C43H37N3O5S. The number of aliphatic hydroxyl groups excluding tert-OH is 1. The van der Waals surface area contributed by atoms with Crippen LogP contribution >= 0.6 is 11.3 Å². The van der Waals surface area contributed by atoms with Gasteiger partial charge < -0.3 is 19.3 Å². The Bertz CT molecular complexity index is 2270. The van der Waals surface area contributed by atoms with Crippen molar-refractivity contribution in [1.29, 1.82) is 0 Å². The molecule has 4 atom stereocenters. The highest BCUT2D eigenvalue weighted by Crippen LogP contribution is 2.43. The molecule has 1 fully saturated rings. The Labute approximate surface area is 305 Å². The Kier molecular flexibility index (Phi) is 9.49. The highest BCUT2D eigenvalue weighted by molar-refractivity contribution is 7.15. The molecule has 1 aliphatic rings. The summed E-state index contributed by atoms with van der Waals surface area (Å²) >= 11 is 1.76. The van der Waals surface area contributed by atoms with Crippen LogP contribution in [0.5, 0.6) is 5.75 Å². The van der Waals surface area contributed by atoms with Crippen molar-refractivity contribution in [2.75, 3.05) is 13.7 Å². The van der Waals surface area contributed by atoms with Crippen molar-refractivity contribution in [1.82, 2.24) is 14.5 Å². The molecule has 0 aliphatic carbocycles. The number of aliphatic hydroxyl groups is 1. The van der Waals surface area contributed by atoms with Gasteiger partial charge in [0.1, 0.15) is 35.5 Å². The Morgan fingerprint density at radius 1 is 0.865 bits per heavy atom. The minimum Gasteiger partial charge on any atom is -0.497 e. The number of benzene rings is 4. The number of thiophene rings is 1. The number of fused-ring (bicyclic) bond motifs is 1. The van der Waals surface area contributed by atoms with E-state index in [9.17, 15) is 9.90 Å². The van der Waals surface area contributed by atoms with E-state index in [4.69, 9.17) is 24.2 Å². The van der Waals surface area contributed by atoms with Gasteiger partial charge in [-0.2, -0.15) is 0 Å². The molecule has 0 spiro atoms. The van der Waals surface area contributed by atoms with Crippen molar-refractivity contribution in [2.45, 2.75) is 36.9 Å². The molecule has 4 heterocycles. The topological polar surface area (TPSA) is 95.7 Å². The van der Waals surface area contributed by atoms with Gasteiger partial charge in [0.25, 0.3) is 0 Å². The second kappa shape index (κ2) is 14.7. The van der Waals surface area contributed by atoms with E-state index in [0.29, 0.717) is 17.6 Å². The zero-order valence-electron chi connectivity index (χ0n) is 28.5. The van der Waals surface area contributed by atoms with Crippen LogP contribution in [0.15, 0.2) is 140 Å². The first-order valence-electron chi connectivity index (χ1n) is 17.2. The largest absolute Gasteiger partial charge is 0.497 e. The summed E-state index contributed by atoms with van der Waals surface area (Å²) in [6, 6.07) is 41.9. The van der Waals surface area contributed by atoms with Crippen molar-refractivity contribution >= 4 is 28.8 Å². The van der Waals surface area contributed by atoms with Crippen LogP contribution in [0.4, 0.5) is 0 Å². The summed E-state index contributed by atoms with van der Waals surface area (Å²) in [5, 5.41) is 11.4. The molecular weight excluding hydrogens is 671 g/mol. The fraction of sp³-hybridized carbons (Fsp3) is 0.186. The number of nitrogens with zero attached hydrogens (tertiary/aromatic N) is 3. The number of methoxy groups -OCH3 is 1. The predicted molar refractivity (Wildman–Crippen MR) is 202 cm³/mol. The van der Waals surface area contributed by atoms with E-state index < -0.39 is 24.0 Å². The fourth-order valence-electron chi connectivity index (χ4n) is 7.05. The maximum Gasteiger partial charge on any atom is 0.162 e. The maximum atomic E-state index is 11.6. The van der Waals surface area contributed by atoms with Gasteiger partial charge in [-0.05, 0) is 52.6 Å². The standard InChI is InChI=1S/C43H37N3O5S/c1-49-34-18-16-33(17-19-34)43(31-10-6-3-7-11-31,32-14-12-30(26-47)13-15-32)50-27-38-37(48)25-40(51-38)46-28-45-41-36(22-23-44-42(41)46)39-21-20-35(52-39)24-29-8-4-2-5-9-29/h2-23,26,28,37-38,40,48H,24-25,27H2,1H3/t37-,38-,40-,43?/m1/s1. The van der Waals surface area contributed by atoms with Gasteiger partial charge in [-0.1, -0.05) is 97.1 Å². The highest BCUT2D eigenvalue weighted by atomic mass is 32.1. The molecule has 0 bridgehead atoms. The number of carbonyl (C=O) groups excluding carboxylic acids is 1.